The zero-order chi connectivity index (χ0) is 12.4. The van der Waals surface area contributed by atoms with Crippen molar-refractivity contribution < 1.29 is 0 Å². The molecule has 1 aliphatic rings. The van der Waals surface area contributed by atoms with Gasteiger partial charge in [0.15, 0.2) is 0 Å². The molecule has 0 aromatic heterocycles. The van der Waals surface area contributed by atoms with Gasteiger partial charge in [0.1, 0.15) is 0 Å². The van der Waals surface area contributed by atoms with Crippen LogP contribution in [0.2, 0.25) is 0 Å². The number of nitrogens with one attached hydrogen (secondary N) is 1. The predicted octanol–water partition coefficient (Wildman–Crippen LogP) is 4.23. The summed E-state index contributed by atoms with van der Waals surface area (Å²) in [6.07, 6.45) is 5.70. The molecule has 0 atom stereocenters. The molecule has 1 rings (SSSR count). The fourth-order valence-electron chi connectivity index (χ4n) is 2.68. The predicted molar refractivity (Wildman–Crippen MR) is 72.7 cm³/mol. The summed E-state index contributed by atoms with van der Waals surface area (Å²) in [4.78, 5) is 0. The highest BCUT2D eigenvalue weighted by molar-refractivity contribution is 4.82. The Morgan fingerprint density at radius 1 is 0.875 bits per heavy atom. The van der Waals surface area contributed by atoms with Crippen LogP contribution >= 0.6 is 0 Å². The van der Waals surface area contributed by atoms with Crippen molar-refractivity contribution in [2.24, 2.45) is 17.3 Å². The van der Waals surface area contributed by atoms with Crippen LogP contribution < -0.4 is 5.32 Å². The van der Waals surface area contributed by atoms with Crippen LogP contribution in [0.1, 0.15) is 67.2 Å². The Bertz CT molecular complexity index is 198. The fraction of sp³-hybridized carbons (Fsp3) is 1.00. The van der Waals surface area contributed by atoms with Gasteiger partial charge in [0.2, 0.25) is 0 Å². The highest BCUT2D eigenvalue weighted by Crippen LogP contribution is 2.39. The van der Waals surface area contributed by atoms with E-state index in [2.05, 4.69) is 46.9 Å². The number of hydrogen-bond donors (Lipinski definition) is 1. The van der Waals surface area contributed by atoms with Crippen LogP contribution in [0.5, 0.6) is 0 Å². The molecule has 0 amide bonds. The van der Waals surface area contributed by atoms with Crippen LogP contribution in [-0.4, -0.2) is 12.1 Å². The maximum atomic E-state index is 3.65. The standard InChI is InChI=1S/C15H31N/c1-14(2,3)13-9-7-12(8-10-13)11-16-15(4,5)6/h12-13,16H,7-11H2,1-6H3. The second kappa shape index (κ2) is 5.08. The van der Waals surface area contributed by atoms with Crippen molar-refractivity contribution in [2.75, 3.05) is 6.54 Å². The Morgan fingerprint density at radius 2 is 1.38 bits per heavy atom. The van der Waals surface area contributed by atoms with Crippen molar-refractivity contribution in [3.8, 4) is 0 Å². The molecule has 1 N–H and O–H groups in total. The Morgan fingerprint density at radius 3 is 1.75 bits per heavy atom. The van der Waals surface area contributed by atoms with E-state index >= 15 is 0 Å². The average Bonchev–Trinajstić information content (AvgIpc) is 2.13. The van der Waals surface area contributed by atoms with Crippen LogP contribution in [0, 0.1) is 17.3 Å². The van der Waals surface area contributed by atoms with Gasteiger partial charge >= 0.3 is 0 Å². The zero-order valence-electron chi connectivity index (χ0n) is 12.2. The summed E-state index contributed by atoms with van der Waals surface area (Å²) in [7, 11) is 0. The van der Waals surface area contributed by atoms with Crippen LogP contribution in [0.25, 0.3) is 0 Å². The van der Waals surface area contributed by atoms with Crippen molar-refractivity contribution in [3.05, 3.63) is 0 Å². The number of rotatable bonds is 2. The lowest BCUT2D eigenvalue weighted by atomic mass is 9.70. The van der Waals surface area contributed by atoms with Gasteiger partial charge in [-0.25, -0.2) is 0 Å². The van der Waals surface area contributed by atoms with E-state index in [4.69, 9.17) is 0 Å². The molecule has 16 heavy (non-hydrogen) atoms. The van der Waals surface area contributed by atoms with Gasteiger partial charge < -0.3 is 5.32 Å². The van der Waals surface area contributed by atoms with E-state index in [-0.39, 0.29) is 5.54 Å². The minimum atomic E-state index is 0.279. The van der Waals surface area contributed by atoms with Crippen LogP contribution in [0.3, 0.4) is 0 Å². The van der Waals surface area contributed by atoms with Gasteiger partial charge in [0.05, 0.1) is 0 Å². The minimum Gasteiger partial charge on any atom is -0.312 e. The molecule has 1 saturated carbocycles. The van der Waals surface area contributed by atoms with Gasteiger partial charge in [0.25, 0.3) is 0 Å². The molecule has 0 bridgehead atoms. The Hall–Kier alpha value is -0.0400. The van der Waals surface area contributed by atoms with Gasteiger partial charge in [0, 0.05) is 5.54 Å². The van der Waals surface area contributed by atoms with Gasteiger partial charge in [-0.3, -0.25) is 0 Å². The fourth-order valence-corrected chi connectivity index (χ4v) is 2.68. The monoisotopic (exact) mass is 225 g/mol. The van der Waals surface area contributed by atoms with E-state index < -0.39 is 0 Å². The van der Waals surface area contributed by atoms with E-state index in [0.717, 1.165) is 11.8 Å². The lowest BCUT2D eigenvalue weighted by molar-refractivity contribution is 0.146. The molecule has 0 saturated heterocycles. The van der Waals surface area contributed by atoms with Crippen molar-refractivity contribution in [1.82, 2.24) is 5.32 Å². The summed E-state index contributed by atoms with van der Waals surface area (Å²) in [5.74, 6) is 1.86. The third-order valence-electron chi connectivity index (χ3n) is 3.99. The largest absolute Gasteiger partial charge is 0.312 e. The summed E-state index contributed by atoms with van der Waals surface area (Å²) < 4.78 is 0. The lowest BCUT2D eigenvalue weighted by Gasteiger charge is -2.37. The molecule has 0 aromatic carbocycles. The van der Waals surface area contributed by atoms with E-state index in [1.54, 1.807) is 0 Å². The van der Waals surface area contributed by atoms with Crippen LogP contribution in [-0.2, 0) is 0 Å². The number of hydrogen-bond acceptors (Lipinski definition) is 1. The Labute approximate surface area is 102 Å². The van der Waals surface area contributed by atoms with Crippen molar-refractivity contribution in [2.45, 2.75) is 72.8 Å². The normalized spacial score (nSPS) is 28.1. The highest BCUT2D eigenvalue weighted by Gasteiger charge is 2.29. The molecule has 0 radical (unpaired) electrons. The van der Waals surface area contributed by atoms with Gasteiger partial charge in [-0.2, -0.15) is 0 Å². The molecule has 0 aliphatic heterocycles. The molecule has 96 valence electrons. The minimum absolute atomic E-state index is 0.279. The molecule has 0 heterocycles. The van der Waals surface area contributed by atoms with Gasteiger partial charge in [-0.05, 0) is 70.3 Å². The Balaban J connectivity index is 2.28. The Kier molecular flexibility index (Phi) is 4.45. The summed E-state index contributed by atoms with van der Waals surface area (Å²) in [5, 5.41) is 3.65. The first-order valence-corrected chi connectivity index (χ1v) is 6.93. The maximum Gasteiger partial charge on any atom is 0.00966 e. The SMILES string of the molecule is CC(C)(C)NCC1CCC(C(C)(C)C)CC1. The molecular formula is C15H31N. The van der Waals surface area contributed by atoms with Gasteiger partial charge in [-0.1, -0.05) is 20.8 Å². The molecule has 1 aliphatic carbocycles. The molecule has 0 unspecified atom stereocenters. The van der Waals surface area contributed by atoms with Crippen molar-refractivity contribution in [1.29, 1.82) is 0 Å². The maximum absolute atomic E-state index is 3.65. The second-order valence-corrected chi connectivity index (χ2v) is 7.71. The van der Waals surface area contributed by atoms with Crippen LogP contribution in [0.15, 0.2) is 0 Å². The summed E-state index contributed by atoms with van der Waals surface area (Å²) in [5.41, 5.74) is 0.795. The quantitative estimate of drug-likeness (QED) is 0.741. The molecule has 1 nitrogen and oxygen atoms in total. The van der Waals surface area contributed by atoms with Gasteiger partial charge in [-0.15, -0.1) is 0 Å². The second-order valence-electron chi connectivity index (χ2n) is 7.71. The smallest absolute Gasteiger partial charge is 0.00966 e. The van der Waals surface area contributed by atoms with E-state index in [9.17, 15) is 0 Å². The zero-order valence-corrected chi connectivity index (χ0v) is 12.2. The molecule has 0 spiro atoms. The van der Waals surface area contributed by atoms with Crippen molar-refractivity contribution >= 4 is 0 Å². The third kappa shape index (κ3) is 4.86. The van der Waals surface area contributed by atoms with Crippen molar-refractivity contribution in [3.63, 3.8) is 0 Å². The third-order valence-corrected chi connectivity index (χ3v) is 3.99. The van der Waals surface area contributed by atoms with E-state index in [1.807, 2.05) is 0 Å². The molecule has 1 heteroatoms. The first-order chi connectivity index (χ1) is 7.18. The van der Waals surface area contributed by atoms with E-state index in [0.29, 0.717) is 5.41 Å². The lowest BCUT2D eigenvalue weighted by Crippen LogP contribution is -2.40. The summed E-state index contributed by atoms with van der Waals surface area (Å²) in [6, 6.07) is 0. The summed E-state index contributed by atoms with van der Waals surface area (Å²) >= 11 is 0. The first kappa shape index (κ1) is 14.0. The topological polar surface area (TPSA) is 12.0 Å². The molecule has 1 fully saturated rings. The van der Waals surface area contributed by atoms with Crippen LogP contribution in [0.4, 0.5) is 0 Å². The average molecular weight is 225 g/mol. The molecule has 0 aromatic rings. The van der Waals surface area contributed by atoms with E-state index in [1.165, 1.54) is 32.2 Å². The molecular weight excluding hydrogens is 194 g/mol. The highest BCUT2D eigenvalue weighted by atomic mass is 14.9. The summed E-state index contributed by atoms with van der Waals surface area (Å²) in [6.45, 7) is 15.2. The first-order valence-electron chi connectivity index (χ1n) is 6.93.